The molecule has 7 nitrogen and oxygen atoms in total. The summed E-state index contributed by atoms with van der Waals surface area (Å²) in [5, 5.41) is 10.4. The average molecular weight is 401 g/mol. The van der Waals surface area contributed by atoms with Crippen LogP contribution in [-0.2, 0) is 16.0 Å². The molecule has 0 spiro atoms. The van der Waals surface area contributed by atoms with Gasteiger partial charge in [0.25, 0.3) is 0 Å². The van der Waals surface area contributed by atoms with Gasteiger partial charge in [0.2, 0.25) is 5.91 Å². The molecule has 154 valence electrons. The summed E-state index contributed by atoms with van der Waals surface area (Å²) in [7, 11) is 0. The Morgan fingerprint density at radius 2 is 1.82 bits per heavy atom. The van der Waals surface area contributed by atoms with Gasteiger partial charge in [0.1, 0.15) is 0 Å². The summed E-state index contributed by atoms with van der Waals surface area (Å²) in [6, 6.07) is 6.27. The van der Waals surface area contributed by atoms with E-state index in [1.165, 1.54) is 0 Å². The smallest absolute Gasteiger partial charge is 0.475 e. The van der Waals surface area contributed by atoms with Crippen LogP contribution in [0.4, 0.5) is 18.9 Å². The average Bonchev–Trinajstić information content (AvgIpc) is 2.60. The summed E-state index contributed by atoms with van der Waals surface area (Å²) in [6.45, 7) is 5.77. The Bertz CT molecular complexity index is 907. The third-order valence-corrected chi connectivity index (χ3v) is 3.80. The largest absolute Gasteiger partial charge is 0.490 e. The first-order chi connectivity index (χ1) is 12.9. The fraction of sp³-hybridized carbons (Fsp3) is 0.389. The predicted octanol–water partition coefficient (Wildman–Crippen LogP) is 2.65. The van der Waals surface area contributed by atoms with Crippen LogP contribution >= 0.6 is 0 Å². The Hall–Kier alpha value is -2.88. The second kappa shape index (κ2) is 9.36. The zero-order valence-electron chi connectivity index (χ0n) is 15.6. The molecule has 1 amide bonds. The third-order valence-electron chi connectivity index (χ3n) is 3.80. The van der Waals surface area contributed by atoms with Gasteiger partial charge in [-0.2, -0.15) is 13.2 Å². The fourth-order valence-corrected chi connectivity index (χ4v) is 2.10. The number of aryl methyl sites for hydroxylation is 1. The third kappa shape index (κ3) is 6.38. The minimum atomic E-state index is -5.08. The molecule has 0 aliphatic rings. The SMILES string of the molecule is CCc1cc(=O)c2cc(NC(=O)[C@@H](N)C(C)C)ccc2[nH]1.O=C(O)C(F)(F)F. The monoisotopic (exact) mass is 401 g/mol. The number of hydrogen-bond donors (Lipinski definition) is 4. The number of nitrogens with one attached hydrogen (secondary N) is 2. The van der Waals surface area contributed by atoms with Crippen LogP contribution in [0.1, 0.15) is 26.5 Å². The highest BCUT2D eigenvalue weighted by atomic mass is 19.4. The van der Waals surface area contributed by atoms with Gasteiger partial charge in [0, 0.05) is 28.4 Å². The Balaban J connectivity index is 0.000000480. The van der Waals surface area contributed by atoms with Gasteiger partial charge in [-0.1, -0.05) is 20.8 Å². The summed E-state index contributed by atoms with van der Waals surface area (Å²) in [6.07, 6.45) is -4.31. The van der Waals surface area contributed by atoms with Crippen molar-refractivity contribution in [2.45, 2.75) is 39.4 Å². The molecule has 2 aromatic rings. The molecule has 1 atom stereocenters. The first-order valence-corrected chi connectivity index (χ1v) is 8.39. The molecule has 1 aromatic heterocycles. The zero-order valence-corrected chi connectivity index (χ0v) is 15.6. The molecule has 1 heterocycles. The van der Waals surface area contributed by atoms with Crippen molar-refractivity contribution in [2.75, 3.05) is 5.32 Å². The molecule has 0 unspecified atom stereocenters. The maximum atomic E-state index is 12.1. The molecule has 28 heavy (non-hydrogen) atoms. The van der Waals surface area contributed by atoms with Crippen molar-refractivity contribution in [3.8, 4) is 0 Å². The summed E-state index contributed by atoms with van der Waals surface area (Å²) in [5.41, 5.74) is 8.00. The van der Waals surface area contributed by atoms with Crippen molar-refractivity contribution < 1.29 is 27.9 Å². The number of carbonyl (C=O) groups excluding carboxylic acids is 1. The van der Waals surface area contributed by atoms with Crippen molar-refractivity contribution in [1.82, 2.24) is 4.98 Å². The van der Waals surface area contributed by atoms with Crippen LogP contribution in [-0.4, -0.2) is 34.2 Å². The molecular formula is C18H22F3N3O4. The molecule has 10 heteroatoms. The van der Waals surface area contributed by atoms with Crippen molar-refractivity contribution in [2.24, 2.45) is 11.7 Å². The van der Waals surface area contributed by atoms with E-state index in [0.29, 0.717) is 11.1 Å². The molecule has 1 aromatic carbocycles. The van der Waals surface area contributed by atoms with Gasteiger partial charge in [-0.05, 0) is 30.5 Å². The lowest BCUT2D eigenvalue weighted by atomic mass is 10.0. The number of aromatic amines is 1. The maximum Gasteiger partial charge on any atom is 0.490 e. The number of benzene rings is 1. The molecule has 0 saturated heterocycles. The van der Waals surface area contributed by atoms with Gasteiger partial charge in [-0.15, -0.1) is 0 Å². The highest BCUT2D eigenvalue weighted by molar-refractivity contribution is 5.96. The Morgan fingerprint density at radius 1 is 1.25 bits per heavy atom. The number of pyridine rings is 1. The molecule has 0 radical (unpaired) electrons. The molecule has 2 rings (SSSR count). The minimum absolute atomic E-state index is 0.0511. The number of fused-ring (bicyclic) bond motifs is 1. The molecule has 5 N–H and O–H groups in total. The number of aliphatic carboxylic acids is 1. The number of anilines is 1. The quantitative estimate of drug-likeness (QED) is 0.627. The Morgan fingerprint density at radius 3 is 2.29 bits per heavy atom. The van der Waals surface area contributed by atoms with E-state index in [4.69, 9.17) is 15.6 Å². The van der Waals surface area contributed by atoms with Crippen LogP contribution in [0.5, 0.6) is 0 Å². The Kier molecular flexibility index (Phi) is 7.74. The van der Waals surface area contributed by atoms with Gasteiger partial charge in [0.15, 0.2) is 5.43 Å². The number of aromatic nitrogens is 1. The number of H-pyrrole nitrogens is 1. The normalized spacial score (nSPS) is 12.3. The predicted molar refractivity (Wildman–Crippen MR) is 99.1 cm³/mol. The highest BCUT2D eigenvalue weighted by Gasteiger charge is 2.38. The van der Waals surface area contributed by atoms with Crippen LogP contribution in [0.2, 0.25) is 0 Å². The number of hydrogen-bond acceptors (Lipinski definition) is 4. The number of carboxylic acids is 1. The van der Waals surface area contributed by atoms with E-state index in [2.05, 4.69) is 10.3 Å². The van der Waals surface area contributed by atoms with Crippen LogP contribution in [0.15, 0.2) is 29.1 Å². The summed E-state index contributed by atoms with van der Waals surface area (Å²) < 4.78 is 31.7. The maximum absolute atomic E-state index is 12.1. The molecule has 0 bridgehead atoms. The van der Waals surface area contributed by atoms with Gasteiger partial charge in [-0.25, -0.2) is 4.79 Å². The summed E-state index contributed by atoms with van der Waals surface area (Å²) >= 11 is 0. The van der Waals surface area contributed by atoms with E-state index in [1.807, 2.05) is 20.8 Å². The first-order valence-electron chi connectivity index (χ1n) is 8.39. The second-order valence-corrected chi connectivity index (χ2v) is 6.33. The van der Waals surface area contributed by atoms with Crippen molar-refractivity contribution >= 4 is 28.5 Å². The van der Waals surface area contributed by atoms with Gasteiger partial charge in [0.05, 0.1) is 6.04 Å². The second-order valence-electron chi connectivity index (χ2n) is 6.33. The first kappa shape index (κ1) is 23.2. The number of rotatable bonds is 4. The van der Waals surface area contributed by atoms with Crippen molar-refractivity contribution in [1.29, 1.82) is 0 Å². The van der Waals surface area contributed by atoms with Crippen LogP contribution in [0.3, 0.4) is 0 Å². The number of alkyl halides is 3. The van der Waals surface area contributed by atoms with Crippen molar-refractivity contribution in [3.63, 3.8) is 0 Å². The number of nitrogens with two attached hydrogens (primary N) is 1. The summed E-state index contributed by atoms with van der Waals surface area (Å²) in [4.78, 5) is 36.1. The van der Waals surface area contributed by atoms with Gasteiger partial charge < -0.3 is 21.1 Å². The van der Waals surface area contributed by atoms with E-state index in [1.54, 1.807) is 24.3 Å². The topological polar surface area (TPSA) is 125 Å². The lowest BCUT2D eigenvalue weighted by Crippen LogP contribution is -2.39. The fourth-order valence-electron chi connectivity index (χ4n) is 2.10. The Labute approximate surface area is 158 Å². The number of amides is 1. The van der Waals surface area contributed by atoms with Gasteiger partial charge >= 0.3 is 12.1 Å². The number of carbonyl (C=O) groups is 2. The molecule has 0 aliphatic carbocycles. The van der Waals surface area contributed by atoms with Crippen LogP contribution < -0.4 is 16.5 Å². The zero-order chi connectivity index (χ0) is 21.6. The molecule has 0 saturated carbocycles. The van der Waals surface area contributed by atoms with E-state index in [-0.39, 0.29) is 17.3 Å². The molecule has 0 fully saturated rings. The van der Waals surface area contributed by atoms with E-state index in [9.17, 15) is 22.8 Å². The molecular weight excluding hydrogens is 379 g/mol. The number of carboxylic acid groups (broad SMARTS) is 1. The van der Waals surface area contributed by atoms with E-state index >= 15 is 0 Å². The lowest BCUT2D eigenvalue weighted by Gasteiger charge is -2.15. The standard InChI is InChI=1S/C16H21N3O2.C2HF3O2/c1-4-10-8-14(20)12-7-11(5-6-13(12)18-10)19-16(21)15(17)9(2)3;3-2(4,5)1(6)7/h5-9,15H,4,17H2,1-3H3,(H,18,20)(H,19,21);(H,6,7)/t15-;/m0./s1. The number of halogens is 3. The summed E-state index contributed by atoms with van der Waals surface area (Å²) in [5.74, 6) is -2.94. The van der Waals surface area contributed by atoms with Crippen molar-refractivity contribution in [3.05, 3.63) is 40.2 Å². The minimum Gasteiger partial charge on any atom is -0.475 e. The van der Waals surface area contributed by atoms with E-state index in [0.717, 1.165) is 17.6 Å². The van der Waals surface area contributed by atoms with E-state index < -0.39 is 18.2 Å². The van der Waals surface area contributed by atoms with Crippen LogP contribution in [0.25, 0.3) is 10.9 Å². The van der Waals surface area contributed by atoms with Gasteiger partial charge in [-0.3, -0.25) is 9.59 Å². The van der Waals surface area contributed by atoms with Crippen LogP contribution in [0, 0.1) is 5.92 Å². The highest BCUT2D eigenvalue weighted by Crippen LogP contribution is 2.16. The lowest BCUT2D eigenvalue weighted by molar-refractivity contribution is -0.192. The molecule has 0 aliphatic heterocycles.